The number of hydrogen-bond donors (Lipinski definition) is 3. The molecule has 1 amide bonds. The number of amides is 1. The van der Waals surface area contributed by atoms with Crippen LogP contribution >= 0.6 is 11.8 Å². The molecule has 0 atom stereocenters. The number of rotatable bonds is 3. The van der Waals surface area contributed by atoms with Gasteiger partial charge in [-0.25, -0.2) is 4.79 Å². The number of aromatic amines is 1. The zero-order chi connectivity index (χ0) is 12.3. The number of hydrogen-bond acceptors (Lipinski definition) is 3. The van der Waals surface area contributed by atoms with Gasteiger partial charge in [-0.15, -0.1) is 0 Å². The molecule has 6 heteroatoms. The summed E-state index contributed by atoms with van der Waals surface area (Å²) in [6.45, 7) is 0. The molecule has 0 radical (unpaired) electrons. The molecule has 92 valence electrons. The molecule has 1 aromatic heterocycles. The number of aromatic nitrogens is 1. The first-order chi connectivity index (χ1) is 8.14. The van der Waals surface area contributed by atoms with Gasteiger partial charge in [0, 0.05) is 6.20 Å². The Bertz CT molecular complexity index is 410. The largest absolute Gasteiger partial charge is 0.480 e. The molecule has 0 unspecified atom stereocenters. The van der Waals surface area contributed by atoms with Gasteiger partial charge in [0.05, 0.1) is 0 Å². The number of nitrogens with one attached hydrogen (secondary N) is 2. The minimum atomic E-state index is -1.10. The highest BCUT2D eigenvalue weighted by Crippen LogP contribution is 2.27. The van der Waals surface area contributed by atoms with E-state index in [0.717, 1.165) is 11.5 Å². The number of aliphatic carboxylic acids is 1. The summed E-state index contributed by atoms with van der Waals surface area (Å²) in [4.78, 5) is 26.0. The summed E-state index contributed by atoms with van der Waals surface area (Å²) < 4.78 is 0. The summed E-state index contributed by atoms with van der Waals surface area (Å²) in [6.07, 6.45) is 2.58. The van der Waals surface area contributed by atoms with E-state index >= 15 is 0 Å². The van der Waals surface area contributed by atoms with Crippen molar-refractivity contribution in [3.05, 3.63) is 24.0 Å². The van der Waals surface area contributed by atoms with Crippen LogP contribution in [0.5, 0.6) is 0 Å². The van der Waals surface area contributed by atoms with Crippen molar-refractivity contribution >= 4 is 23.6 Å². The van der Waals surface area contributed by atoms with Crippen molar-refractivity contribution < 1.29 is 14.7 Å². The first-order valence-corrected chi connectivity index (χ1v) is 6.57. The maximum absolute atomic E-state index is 11.9. The number of H-pyrrole nitrogens is 1. The Morgan fingerprint density at radius 2 is 2.12 bits per heavy atom. The molecule has 17 heavy (non-hydrogen) atoms. The molecule has 2 rings (SSSR count). The van der Waals surface area contributed by atoms with Gasteiger partial charge in [0.1, 0.15) is 11.2 Å². The lowest BCUT2D eigenvalue weighted by Gasteiger charge is -2.33. The van der Waals surface area contributed by atoms with Crippen molar-refractivity contribution in [3.8, 4) is 0 Å². The van der Waals surface area contributed by atoms with Crippen molar-refractivity contribution in [1.82, 2.24) is 10.3 Å². The molecular weight excluding hydrogens is 240 g/mol. The summed E-state index contributed by atoms with van der Waals surface area (Å²) in [6, 6.07) is 3.33. The molecule has 0 bridgehead atoms. The Morgan fingerprint density at radius 1 is 1.41 bits per heavy atom. The van der Waals surface area contributed by atoms with Crippen molar-refractivity contribution in [1.29, 1.82) is 0 Å². The van der Waals surface area contributed by atoms with Crippen LogP contribution in [-0.4, -0.2) is 39.0 Å². The van der Waals surface area contributed by atoms with Gasteiger partial charge in [0.25, 0.3) is 5.91 Å². The summed E-state index contributed by atoms with van der Waals surface area (Å²) >= 11 is 1.72. The van der Waals surface area contributed by atoms with Gasteiger partial charge in [0.2, 0.25) is 0 Å². The SMILES string of the molecule is O=C(NC1(C(=O)O)CCSCC1)c1ccc[nH]1. The third-order valence-corrected chi connectivity index (χ3v) is 3.94. The fourth-order valence-corrected chi connectivity index (χ4v) is 3.06. The van der Waals surface area contributed by atoms with Crippen molar-refractivity contribution in [2.45, 2.75) is 18.4 Å². The molecule has 2 heterocycles. The van der Waals surface area contributed by atoms with Gasteiger partial charge in [0.15, 0.2) is 0 Å². The zero-order valence-electron chi connectivity index (χ0n) is 9.23. The molecule has 1 fully saturated rings. The van der Waals surface area contributed by atoms with Crippen LogP contribution in [0.15, 0.2) is 18.3 Å². The molecular formula is C11H14N2O3S. The monoisotopic (exact) mass is 254 g/mol. The van der Waals surface area contributed by atoms with Crippen LogP contribution in [0.4, 0.5) is 0 Å². The fourth-order valence-electron chi connectivity index (χ4n) is 1.87. The number of carbonyl (C=O) groups is 2. The van der Waals surface area contributed by atoms with Crippen LogP contribution < -0.4 is 5.32 Å². The van der Waals surface area contributed by atoms with Gasteiger partial charge in [-0.05, 0) is 36.5 Å². The number of carboxylic acid groups (broad SMARTS) is 1. The van der Waals surface area contributed by atoms with E-state index in [4.69, 9.17) is 0 Å². The number of carboxylic acids is 1. The first kappa shape index (κ1) is 12.0. The minimum absolute atomic E-state index is 0.357. The molecule has 3 N–H and O–H groups in total. The van der Waals surface area contributed by atoms with Crippen LogP contribution in [0.25, 0.3) is 0 Å². The van der Waals surface area contributed by atoms with E-state index in [2.05, 4.69) is 10.3 Å². The lowest BCUT2D eigenvalue weighted by molar-refractivity contribution is -0.144. The van der Waals surface area contributed by atoms with Crippen LogP contribution in [0.2, 0.25) is 0 Å². The van der Waals surface area contributed by atoms with E-state index in [1.165, 1.54) is 0 Å². The van der Waals surface area contributed by atoms with Crippen molar-refractivity contribution in [2.75, 3.05) is 11.5 Å². The molecule has 0 aromatic carbocycles. The molecule has 0 spiro atoms. The van der Waals surface area contributed by atoms with Gasteiger partial charge >= 0.3 is 5.97 Å². The van der Waals surface area contributed by atoms with Crippen LogP contribution in [0, 0.1) is 0 Å². The maximum Gasteiger partial charge on any atom is 0.329 e. The third-order valence-electron chi connectivity index (χ3n) is 2.95. The topological polar surface area (TPSA) is 82.2 Å². The minimum Gasteiger partial charge on any atom is -0.480 e. The predicted octanol–water partition coefficient (Wildman–Crippen LogP) is 1.09. The summed E-state index contributed by atoms with van der Waals surface area (Å²) in [5, 5.41) is 12.0. The van der Waals surface area contributed by atoms with E-state index in [1.807, 2.05) is 0 Å². The Labute approximate surface area is 103 Å². The van der Waals surface area contributed by atoms with Crippen LogP contribution in [0.1, 0.15) is 23.3 Å². The van der Waals surface area contributed by atoms with Crippen LogP contribution in [-0.2, 0) is 4.79 Å². The molecule has 1 saturated heterocycles. The summed E-state index contributed by atoms with van der Waals surface area (Å²) in [5.74, 6) is 0.219. The Hall–Kier alpha value is -1.43. The highest BCUT2D eigenvalue weighted by Gasteiger charge is 2.41. The van der Waals surface area contributed by atoms with E-state index in [0.29, 0.717) is 18.5 Å². The fraction of sp³-hybridized carbons (Fsp3) is 0.455. The van der Waals surface area contributed by atoms with Crippen LogP contribution in [0.3, 0.4) is 0 Å². The standard InChI is InChI=1S/C11H14N2O3S/c14-9(8-2-1-5-12-8)13-11(10(15)16)3-6-17-7-4-11/h1-2,5,12H,3-4,6-7H2,(H,13,14)(H,15,16). The van der Waals surface area contributed by atoms with E-state index in [1.54, 1.807) is 30.1 Å². The second-order valence-electron chi connectivity index (χ2n) is 4.04. The lowest BCUT2D eigenvalue weighted by atomic mass is 9.92. The average Bonchev–Trinajstić information content (AvgIpc) is 2.83. The Morgan fingerprint density at radius 3 is 2.65 bits per heavy atom. The molecule has 1 aliphatic rings. The van der Waals surface area contributed by atoms with Gasteiger partial charge in [-0.1, -0.05) is 0 Å². The molecule has 0 aliphatic carbocycles. The number of carbonyl (C=O) groups excluding carboxylic acids is 1. The predicted molar refractivity (Wildman–Crippen MR) is 65.2 cm³/mol. The molecule has 0 saturated carbocycles. The maximum atomic E-state index is 11.9. The Kier molecular flexibility index (Phi) is 3.42. The Balaban J connectivity index is 2.13. The van der Waals surface area contributed by atoms with Gasteiger partial charge in [-0.3, -0.25) is 4.79 Å². The number of thioether (sulfide) groups is 1. The average molecular weight is 254 g/mol. The summed E-state index contributed by atoms with van der Waals surface area (Å²) in [7, 11) is 0. The normalized spacial score (nSPS) is 18.6. The second-order valence-corrected chi connectivity index (χ2v) is 5.26. The van der Waals surface area contributed by atoms with E-state index in [9.17, 15) is 14.7 Å². The quantitative estimate of drug-likeness (QED) is 0.754. The van der Waals surface area contributed by atoms with Gasteiger partial charge < -0.3 is 15.4 Å². The smallest absolute Gasteiger partial charge is 0.329 e. The lowest BCUT2D eigenvalue weighted by Crippen LogP contribution is -2.56. The van der Waals surface area contributed by atoms with Crippen molar-refractivity contribution in [2.24, 2.45) is 0 Å². The van der Waals surface area contributed by atoms with E-state index in [-0.39, 0.29) is 5.91 Å². The second kappa shape index (κ2) is 4.83. The van der Waals surface area contributed by atoms with Crippen molar-refractivity contribution in [3.63, 3.8) is 0 Å². The molecule has 5 nitrogen and oxygen atoms in total. The molecule has 1 aliphatic heterocycles. The first-order valence-electron chi connectivity index (χ1n) is 5.41. The van der Waals surface area contributed by atoms with E-state index < -0.39 is 11.5 Å². The zero-order valence-corrected chi connectivity index (χ0v) is 10.0. The van der Waals surface area contributed by atoms with Gasteiger partial charge in [-0.2, -0.15) is 11.8 Å². The summed E-state index contributed by atoms with van der Waals surface area (Å²) in [5.41, 5.74) is -0.711. The highest BCUT2D eigenvalue weighted by atomic mass is 32.2. The third kappa shape index (κ3) is 2.46. The highest BCUT2D eigenvalue weighted by molar-refractivity contribution is 7.99. The molecule has 1 aromatic rings.